The fourth-order valence-electron chi connectivity index (χ4n) is 1.49. The molecule has 1 heterocycles. The molecule has 90 valence electrons. The molecule has 0 aliphatic carbocycles. The van der Waals surface area contributed by atoms with Gasteiger partial charge in [0, 0.05) is 11.6 Å². The molecule has 0 N–H and O–H groups in total. The van der Waals surface area contributed by atoms with Crippen LogP contribution < -0.4 is 0 Å². The van der Waals surface area contributed by atoms with Gasteiger partial charge in [0.2, 0.25) is 0 Å². The SMILES string of the molecule is Fc1cc(F)c(C(F)(F)F)c(-c2ccco2)c1. The summed E-state index contributed by atoms with van der Waals surface area (Å²) in [6.45, 7) is 0. The summed E-state index contributed by atoms with van der Waals surface area (Å²) in [5, 5.41) is 0. The molecule has 0 saturated carbocycles. The number of hydrogen-bond acceptors (Lipinski definition) is 1. The van der Waals surface area contributed by atoms with Gasteiger partial charge in [0.25, 0.3) is 0 Å². The lowest BCUT2D eigenvalue weighted by molar-refractivity contribution is -0.139. The molecule has 0 amide bonds. The molecule has 1 nitrogen and oxygen atoms in total. The Labute approximate surface area is 92.5 Å². The number of alkyl halides is 3. The average Bonchev–Trinajstić information content (AvgIpc) is 2.65. The maximum absolute atomic E-state index is 13.2. The molecule has 0 radical (unpaired) electrons. The summed E-state index contributed by atoms with van der Waals surface area (Å²) in [6, 6.07) is 3.31. The van der Waals surface area contributed by atoms with Gasteiger partial charge >= 0.3 is 6.18 Å². The topological polar surface area (TPSA) is 13.1 Å². The fourth-order valence-corrected chi connectivity index (χ4v) is 1.49. The van der Waals surface area contributed by atoms with Gasteiger partial charge in [-0.3, -0.25) is 0 Å². The second-order valence-corrected chi connectivity index (χ2v) is 3.29. The lowest BCUT2D eigenvalue weighted by Crippen LogP contribution is -2.10. The van der Waals surface area contributed by atoms with Gasteiger partial charge in [-0.05, 0) is 18.2 Å². The quantitative estimate of drug-likeness (QED) is 0.688. The minimum atomic E-state index is -4.92. The molecule has 6 heteroatoms. The van der Waals surface area contributed by atoms with Crippen LogP contribution in [0.3, 0.4) is 0 Å². The van der Waals surface area contributed by atoms with E-state index in [4.69, 9.17) is 4.42 Å². The van der Waals surface area contributed by atoms with E-state index in [0.717, 1.165) is 6.26 Å². The molecule has 0 fully saturated rings. The van der Waals surface area contributed by atoms with E-state index in [0.29, 0.717) is 6.07 Å². The summed E-state index contributed by atoms with van der Waals surface area (Å²) in [5.41, 5.74) is -2.19. The van der Waals surface area contributed by atoms with E-state index < -0.39 is 28.9 Å². The van der Waals surface area contributed by atoms with E-state index in [-0.39, 0.29) is 11.8 Å². The molecule has 0 aliphatic heterocycles. The van der Waals surface area contributed by atoms with Gasteiger partial charge in [-0.2, -0.15) is 13.2 Å². The molecule has 0 atom stereocenters. The zero-order valence-corrected chi connectivity index (χ0v) is 8.18. The van der Waals surface area contributed by atoms with Crippen LogP contribution in [0.15, 0.2) is 34.9 Å². The summed E-state index contributed by atoms with van der Waals surface area (Å²) >= 11 is 0. The van der Waals surface area contributed by atoms with E-state index in [1.165, 1.54) is 12.1 Å². The minimum absolute atomic E-state index is 0.190. The van der Waals surface area contributed by atoms with Gasteiger partial charge < -0.3 is 4.42 Å². The molecule has 1 aromatic heterocycles. The van der Waals surface area contributed by atoms with E-state index in [1.807, 2.05) is 0 Å². The van der Waals surface area contributed by atoms with E-state index in [9.17, 15) is 22.0 Å². The highest BCUT2D eigenvalue weighted by Crippen LogP contribution is 2.39. The monoisotopic (exact) mass is 248 g/mol. The molecule has 0 aliphatic rings. The second-order valence-electron chi connectivity index (χ2n) is 3.29. The Hall–Kier alpha value is -1.85. The second kappa shape index (κ2) is 3.87. The Bertz CT molecular complexity index is 528. The zero-order chi connectivity index (χ0) is 12.6. The van der Waals surface area contributed by atoms with Crippen molar-refractivity contribution in [2.45, 2.75) is 6.18 Å². The first-order chi connectivity index (χ1) is 7.89. The molecular formula is C11H5F5O. The van der Waals surface area contributed by atoms with Gasteiger partial charge in [0.05, 0.1) is 6.26 Å². The Morgan fingerprint density at radius 3 is 2.29 bits per heavy atom. The Morgan fingerprint density at radius 2 is 1.76 bits per heavy atom. The molecule has 17 heavy (non-hydrogen) atoms. The van der Waals surface area contributed by atoms with Crippen LogP contribution in [0.5, 0.6) is 0 Å². The van der Waals surface area contributed by atoms with Crippen LogP contribution in [0.2, 0.25) is 0 Å². The highest BCUT2D eigenvalue weighted by molar-refractivity contribution is 5.63. The molecule has 1 aromatic carbocycles. The van der Waals surface area contributed by atoms with Crippen molar-refractivity contribution in [2.75, 3.05) is 0 Å². The number of benzene rings is 1. The summed E-state index contributed by atoms with van der Waals surface area (Å²) < 4.78 is 68.8. The van der Waals surface area contributed by atoms with Crippen molar-refractivity contribution in [3.05, 3.63) is 47.7 Å². The van der Waals surface area contributed by atoms with Crippen LogP contribution >= 0.6 is 0 Å². The van der Waals surface area contributed by atoms with Gasteiger partial charge in [-0.25, -0.2) is 8.78 Å². The van der Waals surface area contributed by atoms with Crippen molar-refractivity contribution >= 4 is 0 Å². The maximum atomic E-state index is 13.2. The molecule has 2 rings (SSSR count). The standard InChI is InChI=1S/C11H5F5O/c12-6-4-7(9-2-1-3-17-9)10(8(13)5-6)11(14,15)16/h1-5H. The van der Waals surface area contributed by atoms with Crippen LogP contribution in [0.1, 0.15) is 5.56 Å². The average molecular weight is 248 g/mol. The van der Waals surface area contributed by atoms with Crippen molar-refractivity contribution in [3.8, 4) is 11.3 Å². The molecule has 0 saturated heterocycles. The number of furan rings is 1. The Morgan fingerprint density at radius 1 is 1.06 bits per heavy atom. The third-order valence-electron chi connectivity index (χ3n) is 2.13. The highest BCUT2D eigenvalue weighted by atomic mass is 19.4. The Kier molecular flexibility index (Phi) is 2.65. The molecule has 0 bridgehead atoms. The van der Waals surface area contributed by atoms with Crippen LogP contribution in [-0.2, 0) is 6.18 Å². The first kappa shape index (κ1) is 11.6. The van der Waals surface area contributed by atoms with Crippen molar-refractivity contribution in [3.63, 3.8) is 0 Å². The van der Waals surface area contributed by atoms with Crippen molar-refractivity contribution < 1.29 is 26.4 Å². The number of rotatable bonds is 1. The van der Waals surface area contributed by atoms with Crippen molar-refractivity contribution in [2.24, 2.45) is 0 Å². The zero-order valence-electron chi connectivity index (χ0n) is 8.18. The van der Waals surface area contributed by atoms with Gasteiger partial charge in [0.1, 0.15) is 23.0 Å². The lowest BCUT2D eigenvalue weighted by atomic mass is 10.0. The molecule has 2 aromatic rings. The van der Waals surface area contributed by atoms with Gasteiger partial charge in [-0.15, -0.1) is 0 Å². The summed E-state index contributed by atoms with van der Waals surface area (Å²) in [4.78, 5) is 0. The van der Waals surface area contributed by atoms with Gasteiger partial charge in [-0.1, -0.05) is 0 Å². The largest absolute Gasteiger partial charge is 0.464 e. The van der Waals surface area contributed by atoms with Crippen molar-refractivity contribution in [1.29, 1.82) is 0 Å². The Balaban J connectivity index is 2.73. The summed E-state index contributed by atoms with van der Waals surface area (Å²) in [7, 11) is 0. The number of halogens is 5. The van der Waals surface area contributed by atoms with Crippen LogP contribution in [0, 0.1) is 11.6 Å². The maximum Gasteiger partial charge on any atom is 0.419 e. The van der Waals surface area contributed by atoms with E-state index in [2.05, 4.69) is 0 Å². The molecule has 0 unspecified atom stereocenters. The van der Waals surface area contributed by atoms with E-state index in [1.54, 1.807) is 0 Å². The molecular weight excluding hydrogens is 243 g/mol. The fraction of sp³-hybridized carbons (Fsp3) is 0.0909. The highest BCUT2D eigenvalue weighted by Gasteiger charge is 2.38. The predicted molar refractivity (Wildman–Crippen MR) is 49.1 cm³/mol. The van der Waals surface area contributed by atoms with Crippen LogP contribution in [-0.4, -0.2) is 0 Å². The predicted octanol–water partition coefficient (Wildman–Crippen LogP) is 4.24. The third kappa shape index (κ3) is 2.15. The van der Waals surface area contributed by atoms with Gasteiger partial charge in [0.15, 0.2) is 0 Å². The number of hydrogen-bond donors (Lipinski definition) is 0. The normalized spacial score (nSPS) is 11.8. The molecule has 0 spiro atoms. The minimum Gasteiger partial charge on any atom is -0.464 e. The van der Waals surface area contributed by atoms with E-state index >= 15 is 0 Å². The smallest absolute Gasteiger partial charge is 0.419 e. The summed E-state index contributed by atoms with van der Waals surface area (Å²) in [6.07, 6.45) is -3.79. The first-order valence-electron chi connectivity index (χ1n) is 4.49. The van der Waals surface area contributed by atoms with Crippen LogP contribution in [0.4, 0.5) is 22.0 Å². The van der Waals surface area contributed by atoms with Crippen molar-refractivity contribution in [1.82, 2.24) is 0 Å². The first-order valence-corrected chi connectivity index (χ1v) is 4.49. The lowest BCUT2D eigenvalue weighted by Gasteiger charge is -2.12. The summed E-state index contributed by atoms with van der Waals surface area (Å²) in [5.74, 6) is -3.00. The van der Waals surface area contributed by atoms with Crippen LogP contribution in [0.25, 0.3) is 11.3 Å². The third-order valence-corrected chi connectivity index (χ3v) is 2.13.